The zero-order chi connectivity index (χ0) is 21.3. The van der Waals surface area contributed by atoms with Crippen LogP contribution in [0.1, 0.15) is 42.0 Å². The number of nitrogens with one attached hydrogen (secondary N) is 2. The topological polar surface area (TPSA) is 60.6 Å². The fraction of sp³-hybridized carbons (Fsp3) is 0.259. The van der Waals surface area contributed by atoms with Crippen LogP contribution in [0.4, 0.5) is 0 Å². The van der Waals surface area contributed by atoms with Gasteiger partial charge in [-0.05, 0) is 36.5 Å². The summed E-state index contributed by atoms with van der Waals surface area (Å²) in [5.74, 6) is 0.461. The average Bonchev–Trinajstić information content (AvgIpc) is 3.58. The van der Waals surface area contributed by atoms with Crippen molar-refractivity contribution in [3.63, 3.8) is 0 Å². The third-order valence-electron chi connectivity index (χ3n) is 6.90. The molecule has 0 saturated heterocycles. The van der Waals surface area contributed by atoms with Gasteiger partial charge in [0, 0.05) is 42.0 Å². The number of nitrogens with zero attached hydrogens (tertiary/aromatic N) is 3. The lowest BCUT2D eigenvalue weighted by atomic mass is 9.99. The van der Waals surface area contributed by atoms with Crippen LogP contribution < -0.4 is 0 Å². The number of hydrogen-bond donors (Lipinski definition) is 2. The molecule has 2 aromatic carbocycles. The predicted molar refractivity (Wildman–Crippen MR) is 128 cm³/mol. The molecule has 0 amide bonds. The Balaban J connectivity index is 1.29. The van der Waals surface area contributed by atoms with Gasteiger partial charge in [0.05, 0.1) is 17.4 Å². The minimum atomic E-state index is 0.461. The Labute approximate surface area is 187 Å². The van der Waals surface area contributed by atoms with Crippen LogP contribution in [0.25, 0.3) is 21.9 Å². The second kappa shape index (κ2) is 8.24. The van der Waals surface area contributed by atoms with E-state index in [-0.39, 0.29) is 0 Å². The van der Waals surface area contributed by atoms with Crippen LogP contribution in [0.15, 0.2) is 79.1 Å². The normalized spacial score (nSPS) is 18.8. The summed E-state index contributed by atoms with van der Waals surface area (Å²) in [7, 11) is 0. The molecular weight excluding hydrogens is 394 g/mol. The summed E-state index contributed by atoms with van der Waals surface area (Å²) < 4.78 is 0. The Morgan fingerprint density at radius 3 is 2.31 bits per heavy atom. The summed E-state index contributed by atoms with van der Waals surface area (Å²) >= 11 is 0. The first-order chi connectivity index (χ1) is 15.8. The first-order valence-electron chi connectivity index (χ1n) is 11.5. The summed E-state index contributed by atoms with van der Waals surface area (Å²) in [6.45, 7) is 1.95. The number of pyridine rings is 1. The second-order valence-electron chi connectivity index (χ2n) is 8.94. The van der Waals surface area contributed by atoms with Gasteiger partial charge in [0.25, 0.3) is 0 Å². The van der Waals surface area contributed by atoms with Crippen LogP contribution >= 0.6 is 0 Å². The van der Waals surface area contributed by atoms with Gasteiger partial charge in [-0.25, -0.2) is 4.98 Å². The van der Waals surface area contributed by atoms with E-state index in [2.05, 4.69) is 86.7 Å². The van der Waals surface area contributed by atoms with Crippen LogP contribution in [-0.2, 0) is 13.1 Å². The molecule has 0 spiro atoms. The third kappa shape index (κ3) is 3.59. The number of aromatic amines is 2. The highest BCUT2D eigenvalue weighted by molar-refractivity contribution is 6.04. The summed E-state index contributed by atoms with van der Waals surface area (Å²) in [5.41, 5.74) is 5.91. The van der Waals surface area contributed by atoms with Gasteiger partial charge in [0.2, 0.25) is 0 Å². The Kier molecular flexibility index (Phi) is 4.96. The smallest absolute Gasteiger partial charge is 0.138 e. The Morgan fingerprint density at radius 1 is 0.875 bits per heavy atom. The number of hydrogen-bond acceptors (Lipinski definition) is 3. The second-order valence-corrected chi connectivity index (χ2v) is 8.94. The van der Waals surface area contributed by atoms with Gasteiger partial charge in [-0.3, -0.25) is 10.00 Å². The van der Waals surface area contributed by atoms with E-state index in [9.17, 15) is 0 Å². The fourth-order valence-electron chi connectivity index (χ4n) is 5.33. The quantitative estimate of drug-likeness (QED) is 0.365. The van der Waals surface area contributed by atoms with Crippen molar-refractivity contribution in [1.29, 1.82) is 0 Å². The third-order valence-corrected chi connectivity index (χ3v) is 6.90. The van der Waals surface area contributed by atoms with Crippen molar-refractivity contribution in [3.8, 4) is 0 Å². The van der Waals surface area contributed by atoms with Crippen molar-refractivity contribution >= 4 is 21.9 Å². The molecule has 1 aliphatic rings. The Hall–Kier alpha value is -3.44. The zero-order valence-corrected chi connectivity index (χ0v) is 18.0. The molecule has 5 aromatic rings. The fourth-order valence-corrected chi connectivity index (χ4v) is 5.33. The van der Waals surface area contributed by atoms with Crippen LogP contribution in [-0.4, -0.2) is 31.1 Å². The van der Waals surface area contributed by atoms with Crippen molar-refractivity contribution in [3.05, 3.63) is 95.9 Å². The molecule has 0 radical (unpaired) electrons. The Morgan fingerprint density at radius 2 is 1.59 bits per heavy atom. The molecule has 2 atom stereocenters. The van der Waals surface area contributed by atoms with Crippen LogP contribution in [0, 0.1) is 0 Å². The standard InChI is InChI=1S/C27H27N5/c1-3-7-19(8-4-1)17-32(18-20-9-5-2-6-10-20)22-12-11-21(15-22)26-25-23-13-14-28-27(23)29-16-24(25)30-31-26/h1-10,13-14,16,21-22H,11-12,15,17-18H2,(H,28,29)(H,30,31)/t21-,22?/m1/s1. The van der Waals surface area contributed by atoms with E-state index in [4.69, 9.17) is 5.10 Å². The molecule has 2 N–H and O–H groups in total. The highest BCUT2D eigenvalue weighted by Crippen LogP contribution is 2.41. The first-order valence-corrected chi connectivity index (χ1v) is 11.5. The number of H-pyrrole nitrogens is 2. The monoisotopic (exact) mass is 421 g/mol. The first kappa shape index (κ1) is 19.3. The minimum Gasteiger partial charge on any atom is -0.346 e. The van der Waals surface area contributed by atoms with Gasteiger partial charge in [0.15, 0.2) is 0 Å². The van der Waals surface area contributed by atoms with Gasteiger partial charge in [-0.2, -0.15) is 5.10 Å². The molecule has 1 fully saturated rings. The van der Waals surface area contributed by atoms with E-state index < -0.39 is 0 Å². The van der Waals surface area contributed by atoms with E-state index in [1.54, 1.807) is 0 Å². The number of aromatic nitrogens is 4. The summed E-state index contributed by atoms with van der Waals surface area (Å²) in [6.07, 6.45) is 7.36. The van der Waals surface area contributed by atoms with Gasteiger partial charge >= 0.3 is 0 Å². The highest BCUT2D eigenvalue weighted by Gasteiger charge is 2.33. The average molecular weight is 422 g/mol. The van der Waals surface area contributed by atoms with E-state index in [1.165, 1.54) is 40.4 Å². The molecular formula is C27H27N5. The molecule has 160 valence electrons. The molecule has 3 heterocycles. The maximum Gasteiger partial charge on any atom is 0.138 e. The largest absolute Gasteiger partial charge is 0.346 e. The SMILES string of the molecule is c1ccc(CN(Cc2ccccc2)C2CC[C@@H](c3n[nH]c4cnc5[nH]ccc5c34)C2)cc1. The van der Waals surface area contributed by atoms with Gasteiger partial charge < -0.3 is 4.98 Å². The lowest BCUT2D eigenvalue weighted by molar-refractivity contribution is 0.179. The zero-order valence-electron chi connectivity index (χ0n) is 18.0. The van der Waals surface area contributed by atoms with E-state index >= 15 is 0 Å². The molecule has 32 heavy (non-hydrogen) atoms. The molecule has 0 aliphatic heterocycles. The lowest BCUT2D eigenvalue weighted by Gasteiger charge is -2.29. The molecule has 1 saturated carbocycles. The minimum absolute atomic E-state index is 0.461. The molecule has 5 nitrogen and oxygen atoms in total. The highest BCUT2D eigenvalue weighted by atomic mass is 15.2. The van der Waals surface area contributed by atoms with Crippen molar-refractivity contribution < 1.29 is 0 Å². The summed E-state index contributed by atoms with van der Waals surface area (Å²) in [5, 5.41) is 10.4. The van der Waals surface area contributed by atoms with Crippen LogP contribution in [0.5, 0.6) is 0 Å². The van der Waals surface area contributed by atoms with E-state index in [0.29, 0.717) is 12.0 Å². The lowest BCUT2D eigenvalue weighted by Crippen LogP contribution is -2.32. The molecule has 1 unspecified atom stereocenters. The maximum absolute atomic E-state index is 4.77. The van der Waals surface area contributed by atoms with E-state index in [0.717, 1.165) is 30.7 Å². The summed E-state index contributed by atoms with van der Waals surface area (Å²) in [4.78, 5) is 10.4. The number of rotatable bonds is 6. The molecule has 1 aliphatic carbocycles. The van der Waals surface area contributed by atoms with Crippen LogP contribution in [0.2, 0.25) is 0 Å². The van der Waals surface area contributed by atoms with Crippen molar-refractivity contribution in [2.45, 2.75) is 44.3 Å². The maximum atomic E-state index is 4.77. The number of fused-ring (bicyclic) bond motifs is 3. The number of benzene rings is 2. The van der Waals surface area contributed by atoms with Gasteiger partial charge in [-0.1, -0.05) is 60.7 Å². The Bertz CT molecular complexity index is 1280. The molecule has 5 heteroatoms. The van der Waals surface area contributed by atoms with Gasteiger partial charge in [0.1, 0.15) is 5.65 Å². The van der Waals surface area contributed by atoms with Crippen molar-refractivity contribution in [2.24, 2.45) is 0 Å². The predicted octanol–water partition coefficient (Wildman–Crippen LogP) is 5.78. The molecule has 0 bridgehead atoms. The van der Waals surface area contributed by atoms with Crippen LogP contribution in [0.3, 0.4) is 0 Å². The molecule has 3 aromatic heterocycles. The van der Waals surface area contributed by atoms with E-state index in [1.807, 2.05) is 12.4 Å². The van der Waals surface area contributed by atoms with Crippen molar-refractivity contribution in [1.82, 2.24) is 25.1 Å². The van der Waals surface area contributed by atoms with Crippen molar-refractivity contribution in [2.75, 3.05) is 0 Å². The molecule has 6 rings (SSSR count). The van der Waals surface area contributed by atoms with Gasteiger partial charge in [-0.15, -0.1) is 0 Å². The summed E-state index contributed by atoms with van der Waals surface area (Å²) in [6, 6.07) is 24.3.